The van der Waals surface area contributed by atoms with Crippen molar-refractivity contribution < 1.29 is 24.2 Å². The van der Waals surface area contributed by atoms with E-state index >= 15 is 0 Å². The molecule has 5 rings (SSSR count). The van der Waals surface area contributed by atoms with E-state index in [9.17, 15) is 30.1 Å². The molecule has 0 aliphatic carbocycles. The van der Waals surface area contributed by atoms with Gasteiger partial charge in [-0.1, -0.05) is 0 Å². The number of non-ortho nitro benzene ring substituents is 2. The van der Waals surface area contributed by atoms with E-state index in [1.165, 1.54) is 54.9 Å². The van der Waals surface area contributed by atoms with E-state index in [0.29, 0.717) is 22.6 Å². The van der Waals surface area contributed by atoms with Crippen LogP contribution in [-0.4, -0.2) is 35.8 Å². The van der Waals surface area contributed by atoms with Crippen LogP contribution in [0, 0.1) is 20.2 Å². The molecule has 0 aliphatic rings. The van der Waals surface area contributed by atoms with Crippen LogP contribution in [0.25, 0.3) is 22.6 Å². The SMILES string of the molecule is O=C(Nc1ccncc1O)c1ccc([N+](=O)[O-])cc1.O=[N+]([O-])c1ccc(-c2nc3ccncc3o2)cc1. The van der Waals surface area contributed by atoms with Gasteiger partial charge < -0.3 is 14.8 Å². The summed E-state index contributed by atoms with van der Waals surface area (Å²) in [6, 6.07) is 14.4. The van der Waals surface area contributed by atoms with E-state index in [-0.39, 0.29) is 28.4 Å². The molecule has 3 aromatic heterocycles. The van der Waals surface area contributed by atoms with E-state index in [2.05, 4.69) is 20.3 Å². The number of hydrogen-bond donors (Lipinski definition) is 2. The Kier molecular flexibility index (Phi) is 7.05. The maximum Gasteiger partial charge on any atom is 0.269 e. The molecule has 0 unspecified atom stereocenters. The maximum absolute atomic E-state index is 11.8. The van der Waals surface area contributed by atoms with Crippen molar-refractivity contribution in [1.29, 1.82) is 0 Å². The number of aromatic hydroxyl groups is 1. The lowest BCUT2D eigenvalue weighted by Gasteiger charge is -2.06. The van der Waals surface area contributed by atoms with Crippen molar-refractivity contribution in [3.63, 3.8) is 0 Å². The molecular weight excluding hydrogens is 484 g/mol. The number of hydrogen-bond acceptors (Lipinski definition) is 10. The van der Waals surface area contributed by atoms with Gasteiger partial charge in [0.15, 0.2) is 11.3 Å². The maximum atomic E-state index is 11.8. The minimum atomic E-state index is -0.545. The number of anilines is 1. The number of nitrogens with one attached hydrogen (secondary N) is 1. The number of amides is 1. The van der Waals surface area contributed by atoms with Gasteiger partial charge in [0.05, 0.1) is 27.9 Å². The Hall–Kier alpha value is -5.72. The smallest absolute Gasteiger partial charge is 0.269 e. The van der Waals surface area contributed by atoms with Gasteiger partial charge in [0, 0.05) is 47.8 Å². The van der Waals surface area contributed by atoms with Gasteiger partial charge in [-0.2, -0.15) is 0 Å². The quantitative estimate of drug-likeness (QED) is 0.252. The molecule has 13 nitrogen and oxygen atoms in total. The second kappa shape index (κ2) is 10.7. The van der Waals surface area contributed by atoms with E-state index in [1.807, 2.05) is 0 Å². The average Bonchev–Trinajstić information content (AvgIpc) is 3.35. The zero-order valence-electron chi connectivity index (χ0n) is 18.7. The normalized spacial score (nSPS) is 10.3. The van der Waals surface area contributed by atoms with Crippen LogP contribution in [0.15, 0.2) is 89.9 Å². The van der Waals surface area contributed by atoms with Crippen LogP contribution >= 0.6 is 0 Å². The molecular formula is C24H16N6O7. The summed E-state index contributed by atoms with van der Waals surface area (Å²) < 4.78 is 5.51. The fourth-order valence-electron chi connectivity index (χ4n) is 3.05. The molecule has 184 valence electrons. The van der Waals surface area contributed by atoms with Gasteiger partial charge >= 0.3 is 0 Å². The first-order chi connectivity index (χ1) is 17.8. The first-order valence-electron chi connectivity index (χ1n) is 10.5. The number of oxazole rings is 1. The molecule has 0 spiro atoms. The van der Waals surface area contributed by atoms with Gasteiger partial charge in [-0.3, -0.25) is 35.0 Å². The molecule has 2 aromatic carbocycles. The van der Waals surface area contributed by atoms with E-state index in [4.69, 9.17) is 4.42 Å². The molecule has 0 aliphatic heterocycles. The van der Waals surface area contributed by atoms with Gasteiger partial charge in [0.2, 0.25) is 5.89 Å². The Bertz CT molecular complexity index is 1550. The highest BCUT2D eigenvalue weighted by molar-refractivity contribution is 6.05. The fraction of sp³-hybridized carbons (Fsp3) is 0. The number of benzene rings is 2. The summed E-state index contributed by atoms with van der Waals surface area (Å²) in [6.45, 7) is 0. The Balaban J connectivity index is 0.000000173. The van der Waals surface area contributed by atoms with E-state index in [0.717, 1.165) is 0 Å². The van der Waals surface area contributed by atoms with Crippen molar-refractivity contribution >= 4 is 34.1 Å². The summed E-state index contributed by atoms with van der Waals surface area (Å²) in [5.41, 5.74) is 2.40. The first kappa shape index (κ1) is 24.4. The molecule has 0 radical (unpaired) electrons. The minimum Gasteiger partial charge on any atom is -0.504 e. The molecule has 0 bridgehead atoms. The first-order valence-corrected chi connectivity index (χ1v) is 10.5. The molecule has 0 saturated carbocycles. The van der Waals surface area contributed by atoms with Crippen LogP contribution in [0.4, 0.5) is 17.1 Å². The predicted molar refractivity (Wildman–Crippen MR) is 131 cm³/mol. The summed E-state index contributed by atoms with van der Waals surface area (Å²) in [5, 5.41) is 33.0. The Morgan fingerprint density at radius 2 is 1.43 bits per heavy atom. The standard InChI is InChI=1S/C12H9N3O4.C12H7N3O3/c16-11-7-13-6-5-10(11)14-12(17)8-1-3-9(4-2-8)15(18)19;16-15(17)9-3-1-8(2-4-9)12-14-10-5-6-13-7-11(10)18-12/h1-7,16H,(H,13,14,17);1-7H. The van der Waals surface area contributed by atoms with Crippen molar-refractivity contribution in [1.82, 2.24) is 15.0 Å². The lowest BCUT2D eigenvalue weighted by atomic mass is 10.2. The number of carbonyl (C=O) groups excluding carboxylic acids is 1. The third-order valence-corrected chi connectivity index (χ3v) is 4.90. The molecule has 37 heavy (non-hydrogen) atoms. The topological polar surface area (TPSA) is 187 Å². The fourth-order valence-corrected chi connectivity index (χ4v) is 3.05. The summed E-state index contributed by atoms with van der Waals surface area (Å²) in [4.78, 5) is 43.8. The molecule has 5 aromatic rings. The molecule has 3 heterocycles. The van der Waals surface area contributed by atoms with Crippen LogP contribution in [0.1, 0.15) is 10.4 Å². The number of pyridine rings is 2. The van der Waals surface area contributed by atoms with Crippen molar-refractivity contribution in [3.8, 4) is 17.2 Å². The molecule has 0 saturated heterocycles. The molecule has 1 amide bonds. The number of fused-ring (bicyclic) bond motifs is 1. The van der Waals surface area contributed by atoms with Crippen molar-refractivity contribution in [2.24, 2.45) is 0 Å². The highest BCUT2D eigenvalue weighted by atomic mass is 16.6. The van der Waals surface area contributed by atoms with Gasteiger partial charge in [0.25, 0.3) is 17.3 Å². The minimum absolute atomic E-state index is 0.0385. The number of rotatable bonds is 5. The summed E-state index contributed by atoms with van der Waals surface area (Å²) >= 11 is 0. The average molecular weight is 500 g/mol. The number of nitro groups is 2. The van der Waals surface area contributed by atoms with Gasteiger partial charge in [-0.25, -0.2) is 4.98 Å². The third kappa shape index (κ3) is 5.86. The van der Waals surface area contributed by atoms with E-state index in [1.54, 1.807) is 30.6 Å². The molecule has 13 heteroatoms. The zero-order chi connectivity index (χ0) is 26.4. The van der Waals surface area contributed by atoms with Crippen molar-refractivity contribution in [2.45, 2.75) is 0 Å². The zero-order valence-corrected chi connectivity index (χ0v) is 18.7. The van der Waals surface area contributed by atoms with Crippen LogP contribution < -0.4 is 5.32 Å². The molecule has 2 N–H and O–H groups in total. The lowest BCUT2D eigenvalue weighted by molar-refractivity contribution is -0.385. The van der Waals surface area contributed by atoms with Gasteiger partial charge in [0.1, 0.15) is 5.52 Å². The number of nitrogens with zero attached hydrogens (tertiary/aromatic N) is 5. The Labute approximate surface area is 207 Å². The molecule has 0 atom stereocenters. The van der Waals surface area contributed by atoms with E-state index < -0.39 is 15.8 Å². The highest BCUT2D eigenvalue weighted by Crippen LogP contribution is 2.25. The third-order valence-electron chi connectivity index (χ3n) is 4.90. The Morgan fingerprint density at radius 3 is 2.03 bits per heavy atom. The summed E-state index contributed by atoms with van der Waals surface area (Å²) in [5.74, 6) is -0.206. The largest absolute Gasteiger partial charge is 0.504 e. The summed E-state index contributed by atoms with van der Waals surface area (Å²) in [7, 11) is 0. The lowest BCUT2D eigenvalue weighted by Crippen LogP contribution is -2.11. The van der Waals surface area contributed by atoms with Crippen molar-refractivity contribution in [3.05, 3.63) is 111 Å². The van der Waals surface area contributed by atoms with Crippen LogP contribution in [0.2, 0.25) is 0 Å². The van der Waals surface area contributed by atoms with Crippen molar-refractivity contribution in [2.75, 3.05) is 5.32 Å². The predicted octanol–water partition coefficient (Wildman–Crippen LogP) is 4.75. The Morgan fingerprint density at radius 1 is 0.838 bits per heavy atom. The molecule has 0 fully saturated rings. The number of nitro benzene ring substituents is 2. The second-order valence-corrected chi connectivity index (χ2v) is 7.32. The van der Waals surface area contributed by atoms with Crippen LogP contribution in [-0.2, 0) is 0 Å². The van der Waals surface area contributed by atoms with Gasteiger partial charge in [-0.05, 0) is 36.4 Å². The van der Waals surface area contributed by atoms with Gasteiger partial charge in [-0.15, -0.1) is 0 Å². The summed E-state index contributed by atoms with van der Waals surface area (Å²) in [6.07, 6.45) is 5.83. The van der Waals surface area contributed by atoms with Crippen LogP contribution in [0.3, 0.4) is 0 Å². The number of carbonyl (C=O) groups is 1. The number of aromatic nitrogens is 3. The monoisotopic (exact) mass is 500 g/mol. The second-order valence-electron chi connectivity index (χ2n) is 7.32. The van der Waals surface area contributed by atoms with Crippen LogP contribution in [0.5, 0.6) is 5.75 Å². The highest BCUT2D eigenvalue weighted by Gasteiger charge is 2.12.